The number of aromatic nitrogens is 2. The largest absolute Gasteiger partial charge is 0.301 e. The van der Waals surface area contributed by atoms with Gasteiger partial charge < -0.3 is 4.90 Å². The van der Waals surface area contributed by atoms with E-state index in [1.165, 1.54) is 31.5 Å². The standard InChI is InChI=1S/C12H21N3/c1-10(2)15-6-4-11(5-7-15)12-8-13-14(3)9-12/h8-11H,4-7H2,1-3H3. The Bertz CT molecular complexity index is 308. The Morgan fingerprint density at radius 2 is 2.00 bits per heavy atom. The second kappa shape index (κ2) is 4.35. The van der Waals surface area contributed by atoms with Crippen molar-refractivity contribution in [3.8, 4) is 0 Å². The van der Waals surface area contributed by atoms with Crippen molar-refractivity contribution in [2.75, 3.05) is 13.1 Å². The lowest BCUT2D eigenvalue weighted by molar-refractivity contribution is 0.172. The number of rotatable bonds is 2. The number of piperidine rings is 1. The molecular formula is C12H21N3. The molecule has 2 heterocycles. The highest BCUT2D eigenvalue weighted by Crippen LogP contribution is 2.28. The SMILES string of the molecule is CC(C)N1CCC(c2cnn(C)c2)CC1. The molecule has 1 aliphatic heterocycles. The minimum absolute atomic E-state index is 0.694. The van der Waals surface area contributed by atoms with Gasteiger partial charge in [0.2, 0.25) is 0 Å². The summed E-state index contributed by atoms with van der Waals surface area (Å²) in [6, 6.07) is 0.694. The fourth-order valence-electron chi connectivity index (χ4n) is 2.40. The predicted octanol–water partition coefficient (Wildman–Crippen LogP) is 2.01. The first-order valence-corrected chi connectivity index (χ1v) is 5.89. The molecule has 1 fully saturated rings. The van der Waals surface area contributed by atoms with Gasteiger partial charge in [-0.05, 0) is 51.3 Å². The molecule has 0 amide bonds. The van der Waals surface area contributed by atoms with Crippen LogP contribution in [0.3, 0.4) is 0 Å². The lowest BCUT2D eigenvalue weighted by atomic mass is 9.91. The van der Waals surface area contributed by atoms with Crippen molar-refractivity contribution in [2.24, 2.45) is 7.05 Å². The van der Waals surface area contributed by atoms with Gasteiger partial charge in [-0.3, -0.25) is 4.68 Å². The zero-order valence-electron chi connectivity index (χ0n) is 9.98. The zero-order chi connectivity index (χ0) is 10.8. The van der Waals surface area contributed by atoms with E-state index in [-0.39, 0.29) is 0 Å². The topological polar surface area (TPSA) is 21.1 Å². The molecule has 2 rings (SSSR count). The molecule has 1 aromatic rings. The summed E-state index contributed by atoms with van der Waals surface area (Å²) in [4.78, 5) is 2.56. The van der Waals surface area contributed by atoms with Gasteiger partial charge in [0, 0.05) is 19.3 Å². The highest BCUT2D eigenvalue weighted by atomic mass is 15.2. The van der Waals surface area contributed by atoms with Gasteiger partial charge in [-0.2, -0.15) is 5.10 Å². The number of hydrogen-bond donors (Lipinski definition) is 0. The van der Waals surface area contributed by atoms with Crippen molar-refractivity contribution in [2.45, 2.75) is 38.6 Å². The van der Waals surface area contributed by atoms with Crippen LogP contribution in [0.15, 0.2) is 12.4 Å². The Hall–Kier alpha value is -0.830. The molecule has 3 nitrogen and oxygen atoms in total. The van der Waals surface area contributed by atoms with Gasteiger partial charge in [-0.25, -0.2) is 0 Å². The van der Waals surface area contributed by atoms with Crippen LogP contribution in [-0.2, 0) is 7.05 Å². The minimum atomic E-state index is 0.694. The first-order valence-electron chi connectivity index (χ1n) is 5.89. The number of aryl methyl sites for hydroxylation is 1. The molecule has 0 spiro atoms. The molecular weight excluding hydrogens is 186 g/mol. The molecule has 0 bridgehead atoms. The van der Waals surface area contributed by atoms with Crippen LogP contribution >= 0.6 is 0 Å². The molecule has 1 aliphatic rings. The molecule has 0 N–H and O–H groups in total. The third-order valence-corrected chi connectivity index (χ3v) is 3.46. The summed E-state index contributed by atoms with van der Waals surface area (Å²) < 4.78 is 1.91. The molecule has 1 saturated heterocycles. The summed E-state index contributed by atoms with van der Waals surface area (Å²) in [6.07, 6.45) is 6.75. The average Bonchev–Trinajstić information content (AvgIpc) is 2.65. The lowest BCUT2D eigenvalue weighted by Gasteiger charge is -2.34. The number of nitrogens with zero attached hydrogens (tertiary/aromatic N) is 3. The Kier molecular flexibility index (Phi) is 3.10. The Morgan fingerprint density at radius 1 is 1.33 bits per heavy atom. The zero-order valence-corrected chi connectivity index (χ0v) is 9.98. The van der Waals surface area contributed by atoms with Crippen LogP contribution in [0.25, 0.3) is 0 Å². The summed E-state index contributed by atoms with van der Waals surface area (Å²) >= 11 is 0. The monoisotopic (exact) mass is 207 g/mol. The Balaban J connectivity index is 1.93. The smallest absolute Gasteiger partial charge is 0.0524 e. The molecule has 0 radical (unpaired) electrons. The van der Waals surface area contributed by atoms with Crippen LogP contribution in [0.1, 0.15) is 38.2 Å². The second-order valence-electron chi connectivity index (χ2n) is 4.85. The van der Waals surface area contributed by atoms with E-state index < -0.39 is 0 Å². The van der Waals surface area contributed by atoms with Crippen molar-refractivity contribution in [1.29, 1.82) is 0 Å². The molecule has 1 aromatic heterocycles. The summed E-state index contributed by atoms with van der Waals surface area (Å²) in [5, 5.41) is 4.25. The van der Waals surface area contributed by atoms with Crippen LogP contribution in [0.2, 0.25) is 0 Å². The molecule has 0 atom stereocenters. The fourth-order valence-corrected chi connectivity index (χ4v) is 2.40. The van der Waals surface area contributed by atoms with Gasteiger partial charge in [0.05, 0.1) is 6.20 Å². The average molecular weight is 207 g/mol. The van der Waals surface area contributed by atoms with Crippen molar-refractivity contribution in [3.05, 3.63) is 18.0 Å². The third-order valence-electron chi connectivity index (χ3n) is 3.46. The molecule has 3 heteroatoms. The van der Waals surface area contributed by atoms with Crippen molar-refractivity contribution >= 4 is 0 Å². The maximum Gasteiger partial charge on any atom is 0.0524 e. The maximum absolute atomic E-state index is 4.25. The van der Waals surface area contributed by atoms with Crippen LogP contribution in [0, 0.1) is 0 Å². The van der Waals surface area contributed by atoms with E-state index in [1.807, 2.05) is 17.9 Å². The fraction of sp³-hybridized carbons (Fsp3) is 0.750. The van der Waals surface area contributed by atoms with Gasteiger partial charge in [0.1, 0.15) is 0 Å². The van der Waals surface area contributed by atoms with E-state index in [0.29, 0.717) is 6.04 Å². The Morgan fingerprint density at radius 3 is 2.47 bits per heavy atom. The highest BCUT2D eigenvalue weighted by molar-refractivity contribution is 5.12. The summed E-state index contributed by atoms with van der Waals surface area (Å²) in [6.45, 7) is 7.03. The van der Waals surface area contributed by atoms with Gasteiger partial charge in [0.25, 0.3) is 0 Å². The Labute approximate surface area is 92.1 Å². The van der Waals surface area contributed by atoms with E-state index in [1.54, 1.807) is 0 Å². The summed E-state index contributed by atoms with van der Waals surface area (Å²) in [5.74, 6) is 0.730. The first-order chi connectivity index (χ1) is 7.16. The van der Waals surface area contributed by atoms with Crippen molar-refractivity contribution in [1.82, 2.24) is 14.7 Å². The molecule has 0 saturated carbocycles. The van der Waals surface area contributed by atoms with Gasteiger partial charge >= 0.3 is 0 Å². The normalized spacial score (nSPS) is 20.0. The van der Waals surface area contributed by atoms with E-state index in [2.05, 4.69) is 30.0 Å². The van der Waals surface area contributed by atoms with Crippen LogP contribution < -0.4 is 0 Å². The quantitative estimate of drug-likeness (QED) is 0.739. The molecule has 15 heavy (non-hydrogen) atoms. The summed E-state index contributed by atoms with van der Waals surface area (Å²) in [5.41, 5.74) is 1.42. The van der Waals surface area contributed by atoms with Gasteiger partial charge in [-0.15, -0.1) is 0 Å². The maximum atomic E-state index is 4.25. The van der Waals surface area contributed by atoms with Gasteiger partial charge in [-0.1, -0.05) is 0 Å². The highest BCUT2D eigenvalue weighted by Gasteiger charge is 2.22. The number of hydrogen-bond acceptors (Lipinski definition) is 2. The molecule has 0 unspecified atom stereocenters. The number of likely N-dealkylation sites (tertiary alicyclic amines) is 1. The molecule has 0 aromatic carbocycles. The first kappa shape index (κ1) is 10.7. The van der Waals surface area contributed by atoms with Crippen molar-refractivity contribution < 1.29 is 0 Å². The lowest BCUT2D eigenvalue weighted by Crippen LogP contribution is -2.37. The van der Waals surface area contributed by atoms with E-state index in [4.69, 9.17) is 0 Å². The second-order valence-corrected chi connectivity index (χ2v) is 4.85. The van der Waals surface area contributed by atoms with E-state index in [0.717, 1.165) is 5.92 Å². The molecule has 84 valence electrons. The van der Waals surface area contributed by atoms with Crippen molar-refractivity contribution in [3.63, 3.8) is 0 Å². The van der Waals surface area contributed by atoms with Crippen LogP contribution in [-0.4, -0.2) is 33.8 Å². The van der Waals surface area contributed by atoms with Gasteiger partial charge in [0.15, 0.2) is 0 Å². The van der Waals surface area contributed by atoms with E-state index in [9.17, 15) is 0 Å². The van der Waals surface area contributed by atoms with Crippen LogP contribution in [0.4, 0.5) is 0 Å². The van der Waals surface area contributed by atoms with Crippen LogP contribution in [0.5, 0.6) is 0 Å². The predicted molar refractivity (Wildman–Crippen MR) is 61.9 cm³/mol. The van der Waals surface area contributed by atoms with E-state index >= 15 is 0 Å². The minimum Gasteiger partial charge on any atom is -0.301 e. The third kappa shape index (κ3) is 2.40. The summed E-state index contributed by atoms with van der Waals surface area (Å²) in [7, 11) is 1.99. The molecule has 0 aliphatic carbocycles.